The molecule has 162 valence electrons. The zero-order chi connectivity index (χ0) is 20.9. The third-order valence-corrected chi connectivity index (χ3v) is 6.05. The van der Waals surface area contributed by atoms with Gasteiger partial charge in [0.05, 0.1) is 13.2 Å². The molecule has 0 radical (unpaired) electrons. The molecule has 2 rings (SSSR count). The van der Waals surface area contributed by atoms with Crippen molar-refractivity contribution < 1.29 is 9.47 Å². The predicted molar refractivity (Wildman–Crippen MR) is 127 cm³/mol. The molecule has 1 atom stereocenters. The van der Waals surface area contributed by atoms with Gasteiger partial charge in [-0.2, -0.15) is 0 Å². The van der Waals surface area contributed by atoms with Crippen LogP contribution in [0.1, 0.15) is 84.1 Å². The van der Waals surface area contributed by atoms with Gasteiger partial charge in [-0.1, -0.05) is 70.7 Å². The minimum atomic E-state index is 0.293. The van der Waals surface area contributed by atoms with Gasteiger partial charge < -0.3 is 9.47 Å². The monoisotopic (exact) mass is 418 g/mol. The van der Waals surface area contributed by atoms with Crippen LogP contribution in [0.4, 0.5) is 0 Å². The summed E-state index contributed by atoms with van der Waals surface area (Å²) in [4.78, 5) is 0. The maximum atomic E-state index is 6.29. The van der Waals surface area contributed by atoms with Gasteiger partial charge in [0, 0.05) is 16.1 Å². The first-order valence-corrected chi connectivity index (χ1v) is 12.1. The van der Waals surface area contributed by atoms with Gasteiger partial charge in [-0.3, -0.25) is 0 Å². The van der Waals surface area contributed by atoms with E-state index in [0.717, 1.165) is 68.6 Å². The number of hydrogen-bond donors (Lipinski definition) is 0. The smallest absolute Gasteiger partial charge is 0.130 e. The highest BCUT2D eigenvalue weighted by molar-refractivity contribution is 6.20. The Morgan fingerprint density at radius 2 is 1.52 bits per heavy atom. The molecule has 0 amide bonds. The summed E-state index contributed by atoms with van der Waals surface area (Å²) in [6, 6.07) is 10.7. The largest absolute Gasteiger partial charge is 0.493 e. The quantitative estimate of drug-likeness (QED) is 0.214. The van der Waals surface area contributed by atoms with Gasteiger partial charge in [-0.05, 0) is 50.2 Å². The molecular formula is C26H39ClO2. The van der Waals surface area contributed by atoms with Crippen LogP contribution in [0, 0.1) is 0 Å². The van der Waals surface area contributed by atoms with E-state index in [4.69, 9.17) is 21.1 Å². The lowest BCUT2D eigenvalue weighted by Gasteiger charge is -2.17. The van der Waals surface area contributed by atoms with Crippen molar-refractivity contribution in [1.29, 1.82) is 0 Å². The first kappa shape index (κ1) is 23.9. The van der Waals surface area contributed by atoms with E-state index in [1.807, 2.05) is 0 Å². The van der Waals surface area contributed by atoms with Crippen LogP contribution in [0.3, 0.4) is 0 Å². The summed E-state index contributed by atoms with van der Waals surface area (Å²) in [6.07, 6.45) is 11.4. The molecule has 0 aliphatic rings. The van der Waals surface area contributed by atoms with Crippen molar-refractivity contribution in [3.63, 3.8) is 0 Å². The van der Waals surface area contributed by atoms with Crippen LogP contribution in [-0.2, 0) is 6.42 Å². The number of hydrogen-bond acceptors (Lipinski definition) is 2. The van der Waals surface area contributed by atoms with Gasteiger partial charge in [-0.15, -0.1) is 11.6 Å². The van der Waals surface area contributed by atoms with Crippen LogP contribution in [0.15, 0.2) is 30.3 Å². The number of unbranched alkanes of at least 4 members (excludes halogenated alkanes) is 5. The second-order valence-corrected chi connectivity index (χ2v) is 8.49. The Balaban J connectivity index is 2.03. The second kappa shape index (κ2) is 13.7. The van der Waals surface area contributed by atoms with Crippen molar-refractivity contribution in [2.75, 3.05) is 13.2 Å². The Morgan fingerprint density at radius 1 is 0.828 bits per heavy atom. The molecule has 2 aromatic rings. The molecule has 0 aliphatic heterocycles. The lowest BCUT2D eigenvalue weighted by molar-refractivity contribution is 0.299. The van der Waals surface area contributed by atoms with Crippen LogP contribution >= 0.6 is 11.6 Å². The number of aryl methyl sites for hydroxylation is 1. The number of alkyl halides is 1. The molecule has 2 aromatic carbocycles. The van der Waals surface area contributed by atoms with Crippen LogP contribution < -0.4 is 9.47 Å². The summed E-state index contributed by atoms with van der Waals surface area (Å²) in [7, 11) is 0. The van der Waals surface area contributed by atoms with E-state index in [1.165, 1.54) is 36.6 Å². The first-order valence-electron chi connectivity index (χ1n) is 11.6. The van der Waals surface area contributed by atoms with E-state index >= 15 is 0 Å². The van der Waals surface area contributed by atoms with Crippen LogP contribution in [-0.4, -0.2) is 18.6 Å². The third kappa shape index (κ3) is 7.74. The van der Waals surface area contributed by atoms with Gasteiger partial charge in [0.25, 0.3) is 0 Å². The summed E-state index contributed by atoms with van der Waals surface area (Å²) in [5, 5.41) is 2.61. The maximum Gasteiger partial charge on any atom is 0.130 e. The topological polar surface area (TPSA) is 18.5 Å². The fourth-order valence-corrected chi connectivity index (χ4v) is 3.81. The minimum Gasteiger partial charge on any atom is -0.493 e. The molecule has 0 saturated heterocycles. The van der Waals surface area contributed by atoms with Crippen molar-refractivity contribution in [2.45, 2.75) is 90.4 Å². The lowest BCUT2D eigenvalue weighted by Crippen LogP contribution is -2.04. The number of halogens is 1. The van der Waals surface area contributed by atoms with E-state index in [1.54, 1.807) is 0 Å². The van der Waals surface area contributed by atoms with Crippen LogP contribution in [0.2, 0.25) is 0 Å². The normalized spacial score (nSPS) is 12.3. The Morgan fingerprint density at radius 3 is 2.24 bits per heavy atom. The number of fused-ring (bicyclic) bond motifs is 1. The fourth-order valence-electron chi connectivity index (χ4n) is 3.66. The maximum absolute atomic E-state index is 6.29. The Labute approximate surface area is 182 Å². The van der Waals surface area contributed by atoms with Gasteiger partial charge in [0.2, 0.25) is 0 Å². The summed E-state index contributed by atoms with van der Waals surface area (Å²) < 4.78 is 12.5. The Kier molecular flexibility index (Phi) is 11.3. The highest BCUT2D eigenvalue weighted by Crippen LogP contribution is 2.37. The molecule has 0 heterocycles. The first-order chi connectivity index (χ1) is 14.2. The zero-order valence-corrected chi connectivity index (χ0v) is 19.4. The molecule has 3 heteroatoms. The number of rotatable bonds is 15. The van der Waals surface area contributed by atoms with Crippen molar-refractivity contribution in [3.05, 3.63) is 35.9 Å². The fraction of sp³-hybridized carbons (Fsp3) is 0.615. The van der Waals surface area contributed by atoms with Crippen LogP contribution in [0.25, 0.3) is 10.8 Å². The molecule has 0 N–H and O–H groups in total. The van der Waals surface area contributed by atoms with Gasteiger partial charge in [0.15, 0.2) is 0 Å². The average Bonchev–Trinajstić information content (AvgIpc) is 2.76. The highest BCUT2D eigenvalue weighted by atomic mass is 35.5. The summed E-state index contributed by atoms with van der Waals surface area (Å²) >= 11 is 6.22. The molecule has 0 aliphatic carbocycles. The lowest BCUT2D eigenvalue weighted by atomic mass is 10.0. The van der Waals surface area contributed by atoms with Crippen molar-refractivity contribution in [3.8, 4) is 11.5 Å². The number of ether oxygens (including phenoxy) is 2. The molecule has 1 unspecified atom stereocenters. The van der Waals surface area contributed by atoms with E-state index in [-0.39, 0.29) is 0 Å². The second-order valence-electron chi connectivity index (χ2n) is 7.87. The molecular weight excluding hydrogens is 380 g/mol. The molecule has 0 bridgehead atoms. The summed E-state index contributed by atoms with van der Waals surface area (Å²) in [5.74, 6) is 2.02. The summed E-state index contributed by atoms with van der Waals surface area (Å²) in [5.41, 5.74) is 1.24. The summed E-state index contributed by atoms with van der Waals surface area (Å²) in [6.45, 7) is 8.10. The average molecular weight is 419 g/mol. The number of benzene rings is 2. The van der Waals surface area contributed by atoms with Gasteiger partial charge in [-0.25, -0.2) is 0 Å². The standard InChI is InChI=1S/C26H39ClO2/c1-4-7-8-9-13-19-29-26-21(5-2)20-25(23-16-10-11-17-24(23)26)28-18-14-12-15-22(27)6-3/h10-11,16-17,20,22H,4-9,12-15,18-19H2,1-3H3. The van der Waals surface area contributed by atoms with Crippen molar-refractivity contribution in [1.82, 2.24) is 0 Å². The third-order valence-electron chi connectivity index (χ3n) is 5.52. The molecule has 0 aromatic heterocycles. The van der Waals surface area contributed by atoms with E-state index in [2.05, 4.69) is 51.1 Å². The SMILES string of the molecule is CCCCCCCOc1c(CC)cc(OCCCCC(Cl)CC)c2ccccc12. The Bertz CT molecular complexity index is 713. The minimum absolute atomic E-state index is 0.293. The van der Waals surface area contributed by atoms with E-state index in [9.17, 15) is 0 Å². The molecule has 29 heavy (non-hydrogen) atoms. The van der Waals surface area contributed by atoms with Gasteiger partial charge in [0.1, 0.15) is 11.5 Å². The zero-order valence-electron chi connectivity index (χ0n) is 18.6. The molecule has 2 nitrogen and oxygen atoms in total. The van der Waals surface area contributed by atoms with Gasteiger partial charge >= 0.3 is 0 Å². The molecule has 0 saturated carbocycles. The predicted octanol–water partition coefficient (Wildman–Crippen LogP) is 8.32. The highest BCUT2D eigenvalue weighted by Gasteiger charge is 2.13. The Hall–Kier alpha value is -1.41. The van der Waals surface area contributed by atoms with Crippen molar-refractivity contribution in [2.24, 2.45) is 0 Å². The van der Waals surface area contributed by atoms with Crippen LogP contribution in [0.5, 0.6) is 11.5 Å². The molecule has 0 fully saturated rings. The van der Waals surface area contributed by atoms with E-state index in [0.29, 0.717) is 5.38 Å². The van der Waals surface area contributed by atoms with E-state index < -0.39 is 0 Å². The molecule has 0 spiro atoms. The van der Waals surface area contributed by atoms with Crippen molar-refractivity contribution >= 4 is 22.4 Å².